The van der Waals surface area contributed by atoms with Crippen LogP contribution in [0.15, 0.2) is 72.6 Å². The summed E-state index contributed by atoms with van der Waals surface area (Å²) in [5.41, 5.74) is 3.89. The third-order valence-corrected chi connectivity index (χ3v) is 6.82. The standard InChI is InChI=1S/C31H34N2O4/c1-19(2)21-9-11-22(12-10-21)27-26(29(35)30(36)33(27)18-20-8-7-15-32-17-20)28(34)23-13-14-25(37-6)24(16-23)31(3,4)5/h7-17,19,27,34H,18H2,1-6H3/b28-26-. The molecule has 2 aromatic carbocycles. The van der Waals surface area contributed by atoms with Crippen LogP contribution in [0.2, 0.25) is 0 Å². The summed E-state index contributed by atoms with van der Waals surface area (Å²) in [6, 6.07) is 16.2. The SMILES string of the molecule is COc1ccc(/C(O)=C2/C(=O)C(=O)N(Cc3cccnc3)C2c2ccc(C(C)C)cc2)cc1C(C)(C)C. The molecule has 1 aliphatic rings. The lowest BCUT2D eigenvalue weighted by atomic mass is 9.84. The lowest BCUT2D eigenvalue weighted by Gasteiger charge is -2.26. The highest BCUT2D eigenvalue weighted by Gasteiger charge is 2.46. The van der Waals surface area contributed by atoms with Gasteiger partial charge in [0.05, 0.1) is 18.7 Å². The second kappa shape index (κ2) is 10.2. The Hall–Kier alpha value is -3.93. The smallest absolute Gasteiger partial charge is 0.295 e. The van der Waals surface area contributed by atoms with Gasteiger partial charge in [-0.05, 0) is 52.3 Å². The normalized spacial score (nSPS) is 17.5. The molecule has 0 radical (unpaired) electrons. The van der Waals surface area contributed by atoms with E-state index in [4.69, 9.17) is 4.74 Å². The first-order valence-corrected chi connectivity index (χ1v) is 12.5. The second-order valence-corrected chi connectivity index (χ2v) is 10.8. The van der Waals surface area contributed by atoms with Crippen molar-refractivity contribution in [1.29, 1.82) is 0 Å². The summed E-state index contributed by atoms with van der Waals surface area (Å²) in [6.45, 7) is 10.6. The van der Waals surface area contributed by atoms with Crippen molar-refractivity contribution in [1.82, 2.24) is 9.88 Å². The van der Waals surface area contributed by atoms with Crippen LogP contribution in [-0.2, 0) is 21.5 Å². The van der Waals surface area contributed by atoms with Gasteiger partial charge >= 0.3 is 0 Å². The van der Waals surface area contributed by atoms with Crippen molar-refractivity contribution >= 4 is 17.4 Å². The number of aromatic nitrogens is 1. The first-order chi connectivity index (χ1) is 17.5. The summed E-state index contributed by atoms with van der Waals surface area (Å²) in [5, 5.41) is 11.5. The number of benzene rings is 2. The van der Waals surface area contributed by atoms with Crippen LogP contribution in [0, 0.1) is 0 Å². The van der Waals surface area contributed by atoms with E-state index in [-0.39, 0.29) is 23.3 Å². The number of ether oxygens (including phenoxy) is 1. The molecule has 1 aromatic heterocycles. The Labute approximate surface area is 218 Å². The molecule has 1 saturated heterocycles. The van der Waals surface area contributed by atoms with Crippen LogP contribution in [0.4, 0.5) is 0 Å². The van der Waals surface area contributed by atoms with Gasteiger partial charge < -0.3 is 14.7 Å². The largest absolute Gasteiger partial charge is 0.507 e. The van der Waals surface area contributed by atoms with Gasteiger partial charge in [0.1, 0.15) is 11.5 Å². The molecule has 192 valence electrons. The fourth-order valence-electron chi connectivity index (χ4n) is 4.74. The highest BCUT2D eigenvalue weighted by atomic mass is 16.5. The minimum Gasteiger partial charge on any atom is -0.507 e. The molecule has 0 aliphatic carbocycles. The molecule has 0 spiro atoms. The van der Waals surface area contributed by atoms with Crippen LogP contribution >= 0.6 is 0 Å². The fourth-order valence-corrected chi connectivity index (χ4v) is 4.74. The predicted octanol–water partition coefficient (Wildman–Crippen LogP) is 6.13. The fraction of sp³-hybridized carbons (Fsp3) is 0.323. The maximum atomic E-state index is 13.4. The molecule has 1 unspecified atom stereocenters. The number of hydrogen-bond acceptors (Lipinski definition) is 5. The van der Waals surface area contributed by atoms with Crippen molar-refractivity contribution in [2.75, 3.05) is 7.11 Å². The van der Waals surface area contributed by atoms with E-state index in [1.807, 2.05) is 36.4 Å². The van der Waals surface area contributed by atoms with Crippen LogP contribution in [0.1, 0.15) is 74.4 Å². The maximum Gasteiger partial charge on any atom is 0.295 e. The van der Waals surface area contributed by atoms with E-state index in [0.717, 1.165) is 22.3 Å². The molecule has 1 N–H and O–H groups in total. The molecule has 1 aliphatic heterocycles. The molecule has 6 heteroatoms. The maximum absolute atomic E-state index is 13.4. The van der Waals surface area contributed by atoms with Crippen LogP contribution in [0.25, 0.3) is 5.76 Å². The van der Waals surface area contributed by atoms with Gasteiger partial charge in [-0.15, -0.1) is 0 Å². The Kier molecular flexibility index (Phi) is 7.21. The Morgan fingerprint density at radius 2 is 1.78 bits per heavy atom. The Morgan fingerprint density at radius 3 is 2.35 bits per heavy atom. The van der Waals surface area contributed by atoms with Crippen molar-refractivity contribution in [2.45, 2.75) is 58.5 Å². The zero-order valence-electron chi connectivity index (χ0n) is 22.3. The summed E-state index contributed by atoms with van der Waals surface area (Å²) in [7, 11) is 1.61. The zero-order chi connectivity index (χ0) is 26.9. The zero-order valence-corrected chi connectivity index (χ0v) is 22.3. The van der Waals surface area contributed by atoms with E-state index in [9.17, 15) is 14.7 Å². The average Bonchev–Trinajstić information content (AvgIpc) is 3.13. The van der Waals surface area contributed by atoms with Gasteiger partial charge in [-0.25, -0.2) is 0 Å². The Balaban J connectivity index is 1.89. The molecule has 0 saturated carbocycles. The van der Waals surface area contributed by atoms with Crippen molar-refractivity contribution in [2.24, 2.45) is 0 Å². The lowest BCUT2D eigenvalue weighted by Crippen LogP contribution is -2.29. The first-order valence-electron chi connectivity index (χ1n) is 12.5. The first kappa shape index (κ1) is 26.1. The average molecular weight is 499 g/mol. The predicted molar refractivity (Wildman–Crippen MR) is 144 cm³/mol. The van der Waals surface area contributed by atoms with Crippen LogP contribution in [-0.4, -0.2) is 33.8 Å². The molecule has 2 heterocycles. The number of rotatable bonds is 6. The number of nitrogens with zero attached hydrogens (tertiary/aromatic N) is 2. The van der Waals surface area contributed by atoms with Gasteiger partial charge in [-0.3, -0.25) is 14.6 Å². The topological polar surface area (TPSA) is 79.7 Å². The van der Waals surface area contributed by atoms with Crippen LogP contribution in [0.3, 0.4) is 0 Å². The molecule has 1 amide bonds. The van der Waals surface area contributed by atoms with Gasteiger partial charge in [-0.2, -0.15) is 0 Å². The van der Waals surface area contributed by atoms with Gasteiger partial charge in [-0.1, -0.05) is 65.0 Å². The van der Waals surface area contributed by atoms with E-state index in [2.05, 4.69) is 39.6 Å². The number of likely N-dealkylation sites (tertiary alicyclic amines) is 1. The minimum atomic E-state index is -0.735. The van der Waals surface area contributed by atoms with Crippen LogP contribution in [0.5, 0.6) is 5.75 Å². The molecular weight excluding hydrogens is 464 g/mol. The van der Waals surface area contributed by atoms with Crippen molar-refractivity contribution in [3.63, 3.8) is 0 Å². The highest BCUT2D eigenvalue weighted by Crippen LogP contribution is 2.42. The number of amides is 1. The number of Topliss-reactive ketones (excluding diaryl/α,β-unsaturated/α-hetero) is 1. The van der Waals surface area contributed by atoms with E-state index < -0.39 is 17.7 Å². The summed E-state index contributed by atoms with van der Waals surface area (Å²) in [4.78, 5) is 32.4. The number of methoxy groups -OCH3 is 1. The molecule has 4 rings (SSSR count). The van der Waals surface area contributed by atoms with E-state index >= 15 is 0 Å². The third kappa shape index (κ3) is 5.15. The third-order valence-electron chi connectivity index (χ3n) is 6.82. The molecule has 1 fully saturated rings. The van der Waals surface area contributed by atoms with E-state index in [1.165, 1.54) is 4.90 Å². The molecule has 3 aromatic rings. The van der Waals surface area contributed by atoms with Crippen molar-refractivity contribution in [3.8, 4) is 5.75 Å². The highest BCUT2D eigenvalue weighted by molar-refractivity contribution is 6.46. The van der Waals surface area contributed by atoms with E-state index in [1.54, 1.807) is 37.7 Å². The molecule has 0 bridgehead atoms. The number of aliphatic hydroxyl groups excluding tert-OH is 1. The number of ketones is 1. The Morgan fingerprint density at radius 1 is 1.08 bits per heavy atom. The molecule has 1 atom stereocenters. The summed E-state index contributed by atoms with van der Waals surface area (Å²) < 4.78 is 5.54. The van der Waals surface area contributed by atoms with Gasteiger partial charge in [0.25, 0.3) is 11.7 Å². The summed E-state index contributed by atoms with van der Waals surface area (Å²) in [6.07, 6.45) is 3.34. The number of carbonyl (C=O) groups excluding carboxylic acids is 2. The molecule has 37 heavy (non-hydrogen) atoms. The summed E-state index contributed by atoms with van der Waals surface area (Å²) in [5.74, 6) is -0.508. The number of pyridine rings is 1. The number of hydrogen-bond donors (Lipinski definition) is 1. The van der Waals surface area contributed by atoms with Crippen molar-refractivity contribution in [3.05, 3.63) is 100 Å². The van der Waals surface area contributed by atoms with Gasteiger partial charge in [0.2, 0.25) is 0 Å². The molecular formula is C31H34N2O4. The van der Waals surface area contributed by atoms with Gasteiger partial charge in [0, 0.05) is 30.1 Å². The monoisotopic (exact) mass is 498 g/mol. The van der Waals surface area contributed by atoms with Crippen LogP contribution < -0.4 is 4.74 Å². The quantitative estimate of drug-likeness (QED) is 0.251. The number of aliphatic hydroxyl groups is 1. The summed E-state index contributed by atoms with van der Waals surface area (Å²) >= 11 is 0. The minimum absolute atomic E-state index is 0.0798. The van der Waals surface area contributed by atoms with Crippen molar-refractivity contribution < 1.29 is 19.4 Å². The Bertz CT molecular complexity index is 1340. The second-order valence-electron chi connectivity index (χ2n) is 10.8. The number of carbonyl (C=O) groups is 2. The van der Waals surface area contributed by atoms with Gasteiger partial charge in [0.15, 0.2) is 0 Å². The lowest BCUT2D eigenvalue weighted by molar-refractivity contribution is -0.140. The molecule has 6 nitrogen and oxygen atoms in total. The van der Waals surface area contributed by atoms with E-state index in [0.29, 0.717) is 17.2 Å².